The molecule has 2 aliphatic rings. The molecule has 0 unspecified atom stereocenters. The van der Waals surface area contributed by atoms with Gasteiger partial charge in [0.15, 0.2) is 17.0 Å². The van der Waals surface area contributed by atoms with E-state index in [4.69, 9.17) is 5.73 Å². The summed E-state index contributed by atoms with van der Waals surface area (Å²) in [6, 6.07) is 11.7. The molecule has 6 rings (SSSR count). The zero-order valence-corrected chi connectivity index (χ0v) is 46.3. The van der Waals surface area contributed by atoms with Gasteiger partial charge in [-0.25, -0.2) is 14.8 Å². The average molecular weight is 1150 g/mol. The van der Waals surface area contributed by atoms with Crippen LogP contribution in [0.1, 0.15) is 71.9 Å². The number of hydrogen-bond acceptors (Lipinski definition) is 20. The van der Waals surface area contributed by atoms with Crippen molar-refractivity contribution in [3.63, 3.8) is 0 Å². The normalized spacial score (nSPS) is 16.6. The number of nitrogens with one attached hydrogen (secondary N) is 4. The Morgan fingerprint density at radius 3 is 1.81 bits per heavy atom. The fourth-order valence-corrected chi connectivity index (χ4v) is 9.46. The summed E-state index contributed by atoms with van der Waals surface area (Å²) in [7, 11) is 1.77. The third-order valence-corrected chi connectivity index (χ3v) is 13.9. The molecule has 2 aromatic carbocycles. The van der Waals surface area contributed by atoms with Gasteiger partial charge in [0.2, 0.25) is 23.7 Å². The topological polar surface area (TPSA) is 397 Å². The Balaban J connectivity index is 0.930. The van der Waals surface area contributed by atoms with E-state index in [1.54, 1.807) is 76.0 Å². The molecule has 4 heterocycles. The third-order valence-electron chi connectivity index (χ3n) is 13.9. The van der Waals surface area contributed by atoms with Gasteiger partial charge in [-0.15, -0.1) is 0 Å². The summed E-state index contributed by atoms with van der Waals surface area (Å²) in [6.07, 6.45) is 2.34. The van der Waals surface area contributed by atoms with E-state index in [2.05, 4.69) is 41.2 Å². The SMILES string of the molecule is C[C@@H](NC(=O)c1ccccc1)C(=O)N1CCC[C@H]1C(=O)Nc1nc(N)c2nc(CN(C)c3ccc(C(=O)N[C@@H](CCC(=O)CCCNC(=O)CN4CCN(CC(=O)O)CCN(CC(=O)O)CCN(CC(=O)O)CC4)C(=O)O)cc3)cnc2n1. The Morgan fingerprint density at radius 1 is 0.687 bits per heavy atom. The first-order valence-electron chi connectivity index (χ1n) is 27.1. The van der Waals surface area contributed by atoms with Gasteiger partial charge in [-0.2, -0.15) is 9.97 Å². The van der Waals surface area contributed by atoms with Gasteiger partial charge in [-0.05, 0) is 69.0 Å². The highest BCUT2D eigenvalue weighted by Gasteiger charge is 2.37. The van der Waals surface area contributed by atoms with Crippen molar-refractivity contribution in [3.05, 3.63) is 77.6 Å². The Kier molecular flexibility index (Phi) is 23.6. The minimum Gasteiger partial charge on any atom is -0.480 e. The second kappa shape index (κ2) is 30.9. The molecule has 2 aliphatic heterocycles. The number of aromatic nitrogens is 4. The van der Waals surface area contributed by atoms with Crippen molar-refractivity contribution >= 4 is 87.8 Å². The van der Waals surface area contributed by atoms with Crippen molar-refractivity contribution in [3.8, 4) is 0 Å². The molecule has 2 saturated heterocycles. The summed E-state index contributed by atoms with van der Waals surface area (Å²) in [5.41, 5.74) is 8.26. The summed E-state index contributed by atoms with van der Waals surface area (Å²) < 4.78 is 0. The van der Waals surface area contributed by atoms with Crippen LogP contribution in [-0.4, -0.2) is 241 Å². The highest BCUT2D eigenvalue weighted by molar-refractivity contribution is 6.01. The fourth-order valence-electron chi connectivity index (χ4n) is 9.46. The molecule has 10 N–H and O–H groups in total. The molecule has 0 saturated carbocycles. The minimum absolute atomic E-state index is 0.0187. The molecule has 83 heavy (non-hydrogen) atoms. The summed E-state index contributed by atoms with van der Waals surface area (Å²) in [5.74, 6) is -7.44. The molecule has 29 heteroatoms. The van der Waals surface area contributed by atoms with E-state index in [1.165, 1.54) is 23.2 Å². The van der Waals surface area contributed by atoms with Crippen LogP contribution in [0.5, 0.6) is 0 Å². The Labute approximate surface area is 477 Å². The lowest BCUT2D eigenvalue weighted by molar-refractivity contribution is -0.140. The number of ketones is 1. The van der Waals surface area contributed by atoms with Crippen LogP contribution in [0.25, 0.3) is 11.2 Å². The van der Waals surface area contributed by atoms with Crippen LogP contribution >= 0.6 is 0 Å². The smallest absolute Gasteiger partial charge is 0.326 e. The first-order chi connectivity index (χ1) is 39.6. The number of aliphatic carboxylic acids is 4. The van der Waals surface area contributed by atoms with Gasteiger partial charge in [0.1, 0.15) is 23.9 Å². The monoisotopic (exact) mass is 1150 g/mol. The van der Waals surface area contributed by atoms with Crippen molar-refractivity contribution < 1.29 is 68.4 Å². The van der Waals surface area contributed by atoms with Gasteiger partial charge in [-0.1, -0.05) is 18.2 Å². The van der Waals surface area contributed by atoms with Crippen molar-refractivity contribution in [2.24, 2.45) is 0 Å². The summed E-state index contributed by atoms with van der Waals surface area (Å²) in [4.78, 5) is 153. The summed E-state index contributed by atoms with van der Waals surface area (Å²) in [6.45, 7) is 3.12. The van der Waals surface area contributed by atoms with Crippen LogP contribution in [0.15, 0.2) is 60.8 Å². The molecule has 2 fully saturated rings. The van der Waals surface area contributed by atoms with Crippen LogP contribution < -0.4 is 31.9 Å². The number of carbonyl (C=O) groups excluding carboxylic acids is 6. The van der Waals surface area contributed by atoms with Crippen LogP contribution in [-0.2, 0) is 44.9 Å². The van der Waals surface area contributed by atoms with Gasteiger partial charge < -0.3 is 51.9 Å². The quantitative estimate of drug-likeness (QED) is 0.0351. The maximum atomic E-state index is 13.5. The number of nitrogens with two attached hydrogens (primary N) is 1. The van der Waals surface area contributed by atoms with Crippen LogP contribution in [0.4, 0.5) is 17.5 Å². The molecule has 4 aromatic rings. The van der Waals surface area contributed by atoms with E-state index in [-0.39, 0.29) is 157 Å². The van der Waals surface area contributed by atoms with Crippen LogP contribution in [0.3, 0.4) is 0 Å². The molecule has 0 spiro atoms. The molecule has 446 valence electrons. The molecule has 0 radical (unpaired) electrons. The van der Waals surface area contributed by atoms with Gasteiger partial charge in [-0.3, -0.25) is 68.1 Å². The number of nitrogens with zero attached hydrogens (tertiary/aromatic N) is 10. The summed E-state index contributed by atoms with van der Waals surface area (Å²) >= 11 is 0. The highest BCUT2D eigenvalue weighted by atomic mass is 16.4. The average Bonchev–Trinajstić information content (AvgIpc) is 4.17. The Hall–Kier alpha value is -8.80. The van der Waals surface area contributed by atoms with Gasteiger partial charge >= 0.3 is 23.9 Å². The Morgan fingerprint density at radius 2 is 1.24 bits per heavy atom. The number of carboxylic acids is 4. The number of carboxylic acid groups (broad SMARTS) is 4. The zero-order valence-electron chi connectivity index (χ0n) is 46.3. The number of anilines is 3. The van der Waals surface area contributed by atoms with E-state index >= 15 is 0 Å². The van der Waals surface area contributed by atoms with E-state index in [1.807, 2.05) is 4.90 Å². The second-order valence-corrected chi connectivity index (χ2v) is 20.3. The molecule has 3 atom stereocenters. The van der Waals surface area contributed by atoms with E-state index in [0.29, 0.717) is 36.3 Å². The number of amides is 5. The number of benzene rings is 2. The fraction of sp³-hybridized carbons (Fsp3) is 0.481. The summed E-state index contributed by atoms with van der Waals surface area (Å²) in [5, 5.41) is 48.8. The lowest BCUT2D eigenvalue weighted by atomic mass is 10.1. The number of hydrogen-bond donors (Lipinski definition) is 9. The predicted molar refractivity (Wildman–Crippen MR) is 299 cm³/mol. The Bertz CT molecular complexity index is 2940. The number of rotatable bonds is 26. The van der Waals surface area contributed by atoms with E-state index in [9.17, 15) is 68.4 Å². The molecular weight excluding hydrogens is 1080 g/mol. The maximum Gasteiger partial charge on any atom is 0.326 e. The number of Topliss-reactive ketones (excluding diaryl/α,β-unsaturated/α-hetero) is 1. The lowest BCUT2D eigenvalue weighted by Crippen LogP contribution is -2.51. The predicted octanol–water partition coefficient (Wildman–Crippen LogP) is -0.710. The van der Waals surface area contributed by atoms with Gasteiger partial charge in [0, 0.05) is 102 Å². The van der Waals surface area contributed by atoms with Crippen molar-refractivity contribution in [1.29, 1.82) is 0 Å². The zero-order chi connectivity index (χ0) is 60.2. The maximum absolute atomic E-state index is 13.5. The molecular formula is C54H71N15O14. The van der Waals surface area contributed by atoms with Gasteiger partial charge in [0.05, 0.1) is 44.6 Å². The van der Waals surface area contributed by atoms with Crippen molar-refractivity contribution in [1.82, 2.24) is 60.4 Å². The third kappa shape index (κ3) is 20.0. The number of fused-ring (bicyclic) bond motifs is 1. The first kappa shape index (κ1) is 63.4. The van der Waals surface area contributed by atoms with Crippen LogP contribution in [0.2, 0.25) is 0 Å². The number of nitrogen functional groups attached to an aromatic ring is 1. The minimum atomic E-state index is -1.38. The van der Waals surface area contributed by atoms with Crippen molar-refractivity contribution in [2.45, 2.75) is 70.1 Å². The van der Waals surface area contributed by atoms with E-state index in [0.717, 1.165) is 0 Å². The molecule has 29 nitrogen and oxygen atoms in total. The van der Waals surface area contributed by atoms with Crippen molar-refractivity contribution in [2.75, 3.05) is 115 Å². The van der Waals surface area contributed by atoms with Crippen LogP contribution in [0, 0.1) is 0 Å². The first-order valence-corrected chi connectivity index (χ1v) is 27.1. The molecule has 5 amide bonds. The molecule has 2 aromatic heterocycles. The van der Waals surface area contributed by atoms with Gasteiger partial charge in [0.25, 0.3) is 11.8 Å². The molecule has 0 bridgehead atoms. The standard InChI is InChI=1S/C54H71N15O14/c1-34(58-49(78)35-8-4-3-5-9-35)52(81)69-19-7-11-41(69)51(80)63-54-61-47(55)46-48(62-54)57-28-37(59-46)29-64(2)38-14-12-36(13-15-38)50(79)60-40(53(82)83)17-16-39(70)10-6-18-56-42(71)30-65-20-22-66(31-43(72)73)24-26-68(33-45(76)77)27-25-67(23-21-65)32-44(74)75/h3-5,8-9,12-15,28,34,40-41H,6-7,10-11,16-27,29-33H2,1-2H3,(H,56,71)(H,58,78)(H,60,79)(H,72,73)(H,74,75)(H,76,77)(H,82,83)(H3,55,57,61,62,63,80)/t34-,40+,41+/m1/s1. The largest absolute Gasteiger partial charge is 0.480 e. The second-order valence-electron chi connectivity index (χ2n) is 20.3. The number of carbonyl (C=O) groups is 10. The molecule has 0 aliphatic carbocycles. The number of likely N-dealkylation sites (tertiary alicyclic amines) is 1. The van der Waals surface area contributed by atoms with E-state index < -0.39 is 65.6 Å². The lowest BCUT2D eigenvalue weighted by Gasteiger charge is -2.32. The highest BCUT2D eigenvalue weighted by Crippen LogP contribution is 2.23.